The third kappa shape index (κ3) is 3.83. The van der Waals surface area contributed by atoms with Crippen molar-refractivity contribution in [1.29, 1.82) is 0 Å². The second-order valence-electron chi connectivity index (χ2n) is 8.81. The number of phenolic OH excluding ortho intramolecular Hbond substituents is 1. The van der Waals surface area contributed by atoms with Gasteiger partial charge in [0.15, 0.2) is 5.69 Å². The molecule has 2 aliphatic rings. The largest absolute Gasteiger partial charge is 0.508 e. The Kier molecular flexibility index (Phi) is 5.66. The van der Waals surface area contributed by atoms with Gasteiger partial charge in [-0.05, 0) is 44.4 Å². The predicted molar refractivity (Wildman–Crippen MR) is 117 cm³/mol. The standard InChI is InChI=1S/C23H28N4O5/c1-14-9-16(11-17(28)10-14)27-20(29)19-12-18(21(30)32-3)25-26(19)13-23(27,2)22(31)24-15-7-5-4-6-8-15/h9-12,15,28H,4-8,13H2,1-3H3,(H,24,31). The number of nitrogens with one attached hydrogen (secondary N) is 1. The molecule has 1 aromatic carbocycles. The van der Waals surface area contributed by atoms with Crippen LogP contribution >= 0.6 is 0 Å². The summed E-state index contributed by atoms with van der Waals surface area (Å²) in [5, 5.41) is 17.5. The summed E-state index contributed by atoms with van der Waals surface area (Å²) in [5.41, 5.74) is 0.00783. The number of hydrogen-bond donors (Lipinski definition) is 2. The molecule has 1 unspecified atom stereocenters. The molecule has 1 saturated carbocycles. The number of aryl methyl sites for hydroxylation is 1. The number of rotatable bonds is 4. The Labute approximate surface area is 186 Å². The highest BCUT2D eigenvalue weighted by Gasteiger charge is 2.49. The highest BCUT2D eigenvalue weighted by atomic mass is 16.5. The fourth-order valence-electron chi connectivity index (χ4n) is 4.65. The minimum Gasteiger partial charge on any atom is -0.508 e. The van der Waals surface area contributed by atoms with Crippen LogP contribution in [0, 0.1) is 6.92 Å². The van der Waals surface area contributed by atoms with Crippen LogP contribution in [0.1, 0.15) is 65.6 Å². The molecule has 2 amide bonds. The number of nitrogens with zero attached hydrogens (tertiary/aromatic N) is 3. The summed E-state index contributed by atoms with van der Waals surface area (Å²) < 4.78 is 6.13. The van der Waals surface area contributed by atoms with Crippen molar-refractivity contribution in [1.82, 2.24) is 15.1 Å². The molecule has 32 heavy (non-hydrogen) atoms. The maximum Gasteiger partial charge on any atom is 0.358 e. The van der Waals surface area contributed by atoms with E-state index in [0.717, 1.165) is 37.7 Å². The van der Waals surface area contributed by atoms with Crippen LogP contribution in [-0.4, -0.2) is 51.4 Å². The van der Waals surface area contributed by atoms with E-state index in [2.05, 4.69) is 10.4 Å². The molecule has 9 nitrogen and oxygen atoms in total. The number of phenols is 1. The van der Waals surface area contributed by atoms with Crippen LogP contribution in [0.2, 0.25) is 0 Å². The molecule has 1 aliphatic carbocycles. The van der Waals surface area contributed by atoms with E-state index >= 15 is 0 Å². The summed E-state index contributed by atoms with van der Waals surface area (Å²) in [5.74, 6) is -1.44. The van der Waals surface area contributed by atoms with Crippen LogP contribution in [0.25, 0.3) is 0 Å². The zero-order valence-electron chi connectivity index (χ0n) is 18.6. The number of carbonyl (C=O) groups is 3. The van der Waals surface area contributed by atoms with Gasteiger partial charge < -0.3 is 15.2 Å². The molecule has 0 saturated heterocycles. The van der Waals surface area contributed by atoms with E-state index in [-0.39, 0.29) is 35.6 Å². The molecule has 1 fully saturated rings. The van der Waals surface area contributed by atoms with E-state index in [1.54, 1.807) is 26.0 Å². The fourth-order valence-corrected chi connectivity index (χ4v) is 4.65. The lowest BCUT2D eigenvalue weighted by molar-refractivity contribution is -0.127. The third-order valence-electron chi connectivity index (χ3n) is 6.28. The number of aromatic nitrogens is 2. The van der Waals surface area contributed by atoms with Gasteiger partial charge in [-0.2, -0.15) is 5.10 Å². The van der Waals surface area contributed by atoms with Crippen LogP contribution in [0.4, 0.5) is 5.69 Å². The maximum atomic E-state index is 13.6. The first-order valence-corrected chi connectivity index (χ1v) is 10.9. The molecule has 1 aliphatic heterocycles. The maximum absolute atomic E-state index is 13.6. The Bertz CT molecular complexity index is 1050. The first kappa shape index (κ1) is 21.9. The number of fused-ring (bicyclic) bond motifs is 1. The zero-order chi connectivity index (χ0) is 23.0. The molecule has 1 aromatic heterocycles. The van der Waals surface area contributed by atoms with Gasteiger partial charge in [0.1, 0.15) is 17.0 Å². The monoisotopic (exact) mass is 440 g/mol. The van der Waals surface area contributed by atoms with Gasteiger partial charge in [0.05, 0.1) is 13.7 Å². The summed E-state index contributed by atoms with van der Waals surface area (Å²) in [7, 11) is 1.24. The normalized spacial score (nSPS) is 21.2. The minimum atomic E-state index is -1.32. The van der Waals surface area contributed by atoms with Gasteiger partial charge in [0.2, 0.25) is 5.91 Å². The SMILES string of the molecule is COC(=O)c1cc2n(n1)CC(C)(C(=O)NC1CCCCC1)N(c1cc(C)cc(O)c1)C2=O. The van der Waals surface area contributed by atoms with Gasteiger partial charge in [0, 0.05) is 23.9 Å². The summed E-state index contributed by atoms with van der Waals surface area (Å²) in [6, 6.07) is 6.22. The summed E-state index contributed by atoms with van der Waals surface area (Å²) in [4.78, 5) is 40.6. The molecule has 4 rings (SSSR count). The van der Waals surface area contributed by atoms with Crippen LogP contribution in [0.15, 0.2) is 24.3 Å². The number of ether oxygens (including phenoxy) is 1. The van der Waals surface area contributed by atoms with E-state index in [1.807, 2.05) is 0 Å². The molecule has 2 aromatic rings. The lowest BCUT2D eigenvalue weighted by atomic mass is 9.91. The smallest absolute Gasteiger partial charge is 0.358 e. The zero-order valence-corrected chi connectivity index (χ0v) is 18.6. The van der Waals surface area contributed by atoms with E-state index in [1.165, 1.54) is 28.8 Å². The highest BCUT2D eigenvalue weighted by molar-refractivity contribution is 6.12. The van der Waals surface area contributed by atoms with Crippen molar-refractivity contribution in [2.24, 2.45) is 0 Å². The number of amides is 2. The number of aromatic hydroxyl groups is 1. The number of anilines is 1. The molecule has 0 radical (unpaired) electrons. The highest BCUT2D eigenvalue weighted by Crippen LogP contribution is 2.35. The first-order valence-electron chi connectivity index (χ1n) is 10.9. The Hall–Kier alpha value is -3.36. The Balaban J connectivity index is 1.78. The number of hydrogen-bond acceptors (Lipinski definition) is 6. The summed E-state index contributed by atoms with van der Waals surface area (Å²) in [6.07, 6.45) is 5.08. The predicted octanol–water partition coefficient (Wildman–Crippen LogP) is 2.55. The third-order valence-corrected chi connectivity index (χ3v) is 6.28. The van der Waals surface area contributed by atoms with Crippen molar-refractivity contribution >= 4 is 23.5 Å². The van der Waals surface area contributed by atoms with Gasteiger partial charge in [0.25, 0.3) is 5.91 Å². The van der Waals surface area contributed by atoms with Crippen molar-refractivity contribution < 1.29 is 24.2 Å². The molecule has 9 heteroatoms. The van der Waals surface area contributed by atoms with Gasteiger partial charge in [-0.1, -0.05) is 19.3 Å². The van der Waals surface area contributed by atoms with Crippen molar-refractivity contribution in [2.75, 3.05) is 12.0 Å². The summed E-state index contributed by atoms with van der Waals surface area (Å²) >= 11 is 0. The molecule has 2 N–H and O–H groups in total. The quantitative estimate of drug-likeness (QED) is 0.707. The molecular weight excluding hydrogens is 412 g/mol. The van der Waals surface area contributed by atoms with E-state index in [0.29, 0.717) is 5.69 Å². The Morgan fingerprint density at radius 1 is 1.19 bits per heavy atom. The number of methoxy groups -OCH3 is 1. The van der Waals surface area contributed by atoms with Gasteiger partial charge in [-0.25, -0.2) is 4.79 Å². The van der Waals surface area contributed by atoms with E-state index in [9.17, 15) is 19.5 Å². The average Bonchev–Trinajstić information content (AvgIpc) is 3.17. The fraction of sp³-hybridized carbons (Fsp3) is 0.478. The number of benzene rings is 1. The molecular formula is C23H28N4O5. The second-order valence-corrected chi connectivity index (χ2v) is 8.81. The molecule has 1 atom stereocenters. The minimum absolute atomic E-state index is 0.000159. The molecule has 2 heterocycles. The van der Waals surface area contributed by atoms with Crippen LogP contribution in [0.3, 0.4) is 0 Å². The second kappa shape index (κ2) is 8.29. The van der Waals surface area contributed by atoms with E-state index in [4.69, 9.17) is 4.74 Å². The molecule has 0 bridgehead atoms. The number of esters is 1. The number of carbonyl (C=O) groups excluding carboxylic acids is 3. The van der Waals surface area contributed by atoms with E-state index < -0.39 is 17.4 Å². The van der Waals surface area contributed by atoms with Gasteiger partial charge in [-0.15, -0.1) is 0 Å². The van der Waals surface area contributed by atoms with Crippen molar-refractivity contribution in [2.45, 2.75) is 64.1 Å². The van der Waals surface area contributed by atoms with Gasteiger partial charge >= 0.3 is 5.97 Å². The summed E-state index contributed by atoms with van der Waals surface area (Å²) in [6.45, 7) is 3.54. The molecule has 170 valence electrons. The Morgan fingerprint density at radius 3 is 2.56 bits per heavy atom. The lowest BCUT2D eigenvalue weighted by Gasteiger charge is -2.44. The van der Waals surface area contributed by atoms with Crippen LogP contribution in [0.5, 0.6) is 5.75 Å². The van der Waals surface area contributed by atoms with Crippen molar-refractivity contribution in [3.05, 3.63) is 41.2 Å². The lowest BCUT2D eigenvalue weighted by Crippen LogP contribution is -2.65. The van der Waals surface area contributed by atoms with Crippen LogP contribution < -0.4 is 10.2 Å². The Morgan fingerprint density at radius 2 is 1.91 bits per heavy atom. The molecule has 0 spiro atoms. The first-order chi connectivity index (χ1) is 15.2. The van der Waals surface area contributed by atoms with Crippen LogP contribution in [-0.2, 0) is 16.1 Å². The topological polar surface area (TPSA) is 114 Å². The van der Waals surface area contributed by atoms with Gasteiger partial charge in [-0.3, -0.25) is 19.2 Å². The van der Waals surface area contributed by atoms with Crippen molar-refractivity contribution in [3.8, 4) is 5.75 Å². The van der Waals surface area contributed by atoms with Crippen molar-refractivity contribution in [3.63, 3.8) is 0 Å². The average molecular weight is 441 g/mol.